The number of benzene rings is 1. The molecular formula is C20H35IN4O3S. The summed E-state index contributed by atoms with van der Waals surface area (Å²) in [5, 5.41) is 6.44. The smallest absolute Gasteiger partial charge is 0.240 e. The van der Waals surface area contributed by atoms with E-state index >= 15 is 0 Å². The van der Waals surface area contributed by atoms with Crippen molar-refractivity contribution in [3.8, 4) is 0 Å². The predicted octanol–water partition coefficient (Wildman–Crippen LogP) is 2.65. The number of nitrogens with zero attached hydrogens (tertiary/aromatic N) is 1. The lowest BCUT2D eigenvalue weighted by Gasteiger charge is -2.40. The Morgan fingerprint density at radius 1 is 1.17 bits per heavy atom. The van der Waals surface area contributed by atoms with Crippen molar-refractivity contribution in [3.05, 3.63) is 29.8 Å². The Morgan fingerprint density at radius 2 is 1.86 bits per heavy atom. The van der Waals surface area contributed by atoms with E-state index in [9.17, 15) is 8.42 Å². The van der Waals surface area contributed by atoms with Gasteiger partial charge in [0.05, 0.1) is 4.90 Å². The van der Waals surface area contributed by atoms with E-state index in [0.717, 1.165) is 37.6 Å². The summed E-state index contributed by atoms with van der Waals surface area (Å²) < 4.78 is 32.5. The first-order valence-electron chi connectivity index (χ1n) is 9.98. The molecule has 1 fully saturated rings. The Morgan fingerprint density at radius 3 is 2.41 bits per heavy atom. The van der Waals surface area contributed by atoms with Gasteiger partial charge < -0.3 is 15.4 Å². The minimum Gasteiger partial charge on any atom is -0.385 e. The van der Waals surface area contributed by atoms with E-state index in [2.05, 4.69) is 15.4 Å². The van der Waals surface area contributed by atoms with Crippen LogP contribution in [0.5, 0.6) is 0 Å². The van der Waals surface area contributed by atoms with E-state index < -0.39 is 10.0 Å². The van der Waals surface area contributed by atoms with Gasteiger partial charge in [-0.2, -0.15) is 0 Å². The van der Waals surface area contributed by atoms with Crippen LogP contribution in [0.4, 0.5) is 0 Å². The highest BCUT2D eigenvalue weighted by molar-refractivity contribution is 14.0. The van der Waals surface area contributed by atoms with E-state index in [-0.39, 0.29) is 40.8 Å². The Balaban J connectivity index is 0.00000420. The maximum absolute atomic E-state index is 12.3. The molecule has 0 atom stereocenters. The summed E-state index contributed by atoms with van der Waals surface area (Å²) in [6, 6.07) is 6.83. The average Bonchev–Trinajstić information content (AvgIpc) is 2.64. The summed E-state index contributed by atoms with van der Waals surface area (Å²) in [7, 11) is -1.76. The fraction of sp³-hybridized carbons (Fsp3) is 0.650. The molecule has 0 heterocycles. The van der Waals surface area contributed by atoms with Gasteiger partial charge in [0, 0.05) is 39.9 Å². The normalized spacial score (nSPS) is 15.9. The highest BCUT2D eigenvalue weighted by Gasteiger charge is 2.36. The topological polar surface area (TPSA) is 91.8 Å². The zero-order valence-electron chi connectivity index (χ0n) is 17.7. The number of nitrogens with one attached hydrogen (secondary N) is 3. The molecule has 1 aliphatic carbocycles. The van der Waals surface area contributed by atoms with Crippen LogP contribution in [0, 0.1) is 12.3 Å². The summed E-state index contributed by atoms with van der Waals surface area (Å²) in [4.78, 5) is 5.01. The van der Waals surface area contributed by atoms with Crippen LogP contribution in [-0.2, 0) is 14.8 Å². The van der Waals surface area contributed by atoms with Crippen LogP contribution in [0.3, 0.4) is 0 Å². The van der Waals surface area contributed by atoms with Crippen molar-refractivity contribution in [1.82, 2.24) is 15.4 Å². The van der Waals surface area contributed by atoms with Crippen LogP contribution in [-0.4, -0.2) is 54.3 Å². The third-order valence-corrected chi connectivity index (χ3v) is 6.69. The molecule has 0 bridgehead atoms. The molecule has 1 aliphatic rings. The molecule has 0 aliphatic heterocycles. The quantitative estimate of drug-likeness (QED) is 0.175. The lowest BCUT2D eigenvalue weighted by molar-refractivity contribution is 0.0778. The second-order valence-electron chi connectivity index (χ2n) is 7.43. The molecule has 1 aromatic rings. The van der Waals surface area contributed by atoms with Gasteiger partial charge >= 0.3 is 0 Å². The second kappa shape index (κ2) is 12.7. The first-order chi connectivity index (χ1) is 13.4. The Kier molecular flexibility index (Phi) is 11.4. The number of halogens is 1. The average molecular weight is 538 g/mol. The highest BCUT2D eigenvalue weighted by Crippen LogP contribution is 2.44. The van der Waals surface area contributed by atoms with Crippen LogP contribution in [0.1, 0.15) is 38.2 Å². The fourth-order valence-corrected chi connectivity index (χ4v) is 4.27. The van der Waals surface area contributed by atoms with Gasteiger partial charge in [-0.15, -0.1) is 24.0 Å². The number of aliphatic imine (C=N–C) groups is 1. The number of hydrogen-bond acceptors (Lipinski definition) is 4. The number of sulfonamides is 1. The van der Waals surface area contributed by atoms with Crippen LogP contribution in [0.2, 0.25) is 0 Å². The molecule has 0 saturated heterocycles. The van der Waals surface area contributed by atoms with Crippen molar-refractivity contribution in [2.24, 2.45) is 10.4 Å². The van der Waals surface area contributed by atoms with Crippen LogP contribution >= 0.6 is 24.0 Å². The van der Waals surface area contributed by atoms with E-state index in [0.29, 0.717) is 6.54 Å². The zero-order valence-corrected chi connectivity index (χ0v) is 20.8. The van der Waals surface area contributed by atoms with Crippen LogP contribution in [0.15, 0.2) is 34.2 Å². The van der Waals surface area contributed by atoms with Gasteiger partial charge in [-0.05, 0) is 50.7 Å². The number of hydrogen-bond donors (Lipinski definition) is 3. The molecule has 29 heavy (non-hydrogen) atoms. The molecule has 0 radical (unpaired) electrons. The molecule has 9 heteroatoms. The molecule has 3 N–H and O–H groups in total. The Bertz CT molecular complexity index is 735. The summed E-state index contributed by atoms with van der Waals surface area (Å²) in [5.41, 5.74) is 1.28. The zero-order chi connectivity index (χ0) is 20.5. The molecule has 0 amide bonds. The molecule has 1 aromatic carbocycles. The van der Waals surface area contributed by atoms with Crippen molar-refractivity contribution in [1.29, 1.82) is 0 Å². The lowest BCUT2D eigenvalue weighted by atomic mass is 9.67. The van der Waals surface area contributed by atoms with Gasteiger partial charge in [-0.25, -0.2) is 13.1 Å². The highest BCUT2D eigenvalue weighted by atomic mass is 127. The monoisotopic (exact) mass is 538 g/mol. The standard InChI is InChI=1S/C20H34N4O3S.HI/c1-4-21-19(23-16-20(10-5-11-20)12-15-27-3)22-13-14-24-28(25,26)18-8-6-17(2)7-9-18;/h6-9,24H,4-5,10-16H2,1-3H3,(H2,21,22,23);1H. The molecule has 1 saturated carbocycles. The van der Waals surface area contributed by atoms with Gasteiger partial charge in [0.2, 0.25) is 10.0 Å². The molecule has 2 rings (SSSR count). The minimum atomic E-state index is -3.49. The number of rotatable bonds is 11. The first-order valence-corrected chi connectivity index (χ1v) is 11.5. The maximum atomic E-state index is 12.3. The van der Waals surface area contributed by atoms with E-state index in [1.807, 2.05) is 13.8 Å². The maximum Gasteiger partial charge on any atom is 0.240 e. The second-order valence-corrected chi connectivity index (χ2v) is 9.20. The van der Waals surface area contributed by atoms with E-state index in [4.69, 9.17) is 9.73 Å². The van der Waals surface area contributed by atoms with Gasteiger partial charge in [-0.3, -0.25) is 4.99 Å². The van der Waals surface area contributed by atoms with Crippen LogP contribution < -0.4 is 15.4 Å². The van der Waals surface area contributed by atoms with Gasteiger partial charge in [0.25, 0.3) is 0 Å². The van der Waals surface area contributed by atoms with E-state index in [1.54, 1.807) is 31.4 Å². The Hall–Kier alpha value is -0.910. The third kappa shape index (κ3) is 8.39. The number of methoxy groups -OCH3 is 1. The number of aryl methyl sites for hydroxylation is 1. The minimum absolute atomic E-state index is 0. The lowest BCUT2D eigenvalue weighted by Crippen LogP contribution is -2.43. The fourth-order valence-electron chi connectivity index (χ4n) is 3.24. The summed E-state index contributed by atoms with van der Waals surface area (Å²) in [6.07, 6.45) is 4.66. The molecule has 166 valence electrons. The number of guanidine groups is 1. The van der Waals surface area contributed by atoms with Gasteiger partial charge in [-0.1, -0.05) is 24.1 Å². The van der Waals surface area contributed by atoms with Gasteiger partial charge in [0.15, 0.2) is 5.96 Å². The summed E-state index contributed by atoms with van der Waals surface area (Å²) in [6.45, 7) is 6.98. The van der Waals surface area contributed by atoms with E-state index in [1.165, 1.54) is 19.3 Å². The molecule has 0 unspecified atom stereocenters. The van der Waals surface area contributed by atoms with Crippen molar-refractivity contribution < 1.29 is 13.2 Å². The summed E-state index contributed by atoms with van der Waals surface area (Å²) in [5.74, 6) is 0.723. The van der Waals surface area contributed by atoms with Gasteiger partial charge in [0.1, 0.15) is 0 Å². The third-order valence-electron chi connectivity index (χ3n) is 5.21. The first kappa shape index (κ1) is 26.1. The van der Waals surface area contributed by atoms with Crippen LogP contribution in [0.25, 0.3) is 0 Å². The van der Waals surface area contributed by atoms with Crippen molar-refractivity contribution in [2.75, 3.05) is 39.9 Å². The van der Waals surface area contributed by atoms with Crippen molar-refractivity contribution >= 4 is 40.0 Å². The predicted molar refractivity (Wildman–Crippen MR) is 129 cm³/mol. The van der Waals surface area contributed by atoms with Crippen molar-refractivity contribution in [3.63, 3.8) is 0 Å². The summed E-state index contributed by atoms with van der Waals surface area (Å²) >= 11 is 0. The molecule has 0 spiro atoms. The molecule has 7 nitrogen and oxygen atoms in total. The largest absolute Gasteiger partial charge is 0.385 e. The SMILES string of the molecule is CCNC(=NCC1(CCOC)CCC1)NCCNS(=O)(=O)c1ccc(C)cc1.I. The molecular weight excluding hydrogens is 503 g/mol. The van der Waals surface area contributed by atoms with Crippen molar-refractivity contribution in [2.45, 2.75) is 44.4 Å². The Labute approximate surface area is 192 Å². The molecule has 0 aromatic heterocycles. The number of ether oxygens (including phenoxy) is 1.